The summed E-state index contributed by atoms with van der Waals surface area (Å²) in [5.41, 5.74) is 16.2. The smallest absolute Gasteiger partial charge is 0.137 e. The average Bonchev–Trinajstić information content (AvgIpc) is 3.03. The lowest BCUT2D eigenvalue weighted by Gasteiger charge is -2.32. The molecule has 1 aliphatic rings. The molecule has 0 amide bonds. The minimum atomic E-state index is -0.272. The van der Waals surface area contributed by atoms with Crippen LogP contribution in [0.5, 0.6) is 11.5 Å². The quantitative estimate of drug-likeness (QED) is 0.0315. The number of aryl methyl sites for hydroxylation is 2. The van der Waals surface area contributed by atoms with Crippen LogP contribution in [0.1, 0.15) is 53.1 Å². The molecule has 1 unspecified atom stereocenters. The molecule has 0 aromatic heterocycles. The molecule has 1 atom stereocenters. The van der Waals surface area contributed by atoms with Crippen molar-refractivity contribution in [2.75, 3.05) is 71.1 Å². The average molecular weight is 617 g/mol. The van der Waals surface area contributed by atoms with Crippen LogP contribution >= 0.6 is 0 Å². The Morgan fingerprint density at radius 3 is 2.22 bits per heavy atom. The molecule has 11 heteroatoms. The number of ether oxygens (including phenoxy) is 4. The summed E-state index contributed by atoms with van der Waals surface area (Å²) in [6, 6.07) is 16.3. The first-order valence-electron chi connectivity index (χ1n) is 15.6. The van der Waals surface area contributed by atoms with Gasteiger partial charge in [0.2, 0.25) is 0 Å². The number of hydrogen-bond acceptors (Lipinski definition) is 8. The summed E-state index contributed by atoms with van der Waals surface area (Å²) in [7, 11) is 0. The Morgan fingerprint density at radius 1 is 0.889 bits per heavy atom. The first-order valence-corrected chi connectivity index (χ1v) is 15.6. The zero-order valence-electron chi connectivity index (χ0n) is 26.7. The minimum Gasteiger partial charge on any atom is -0.858 e. The van der Waals surface area contributed by atoms with Gasteiger partial charge in [0.05, 0.1) is 52.7 Å². The van der Waals surface area contributed by atoms with Gasteiger partial charge >= 0.3 is 0 Å². The highest BCUT2D eigenvalue weighted by Gasteiger charge is 2.32. The first kappa shape index (κ1) is 33.8. The molecule has 1 aliphatic heterocycles. The second-order valence-electron chi connectivity index (χ2n) is 10.7. The molecule has 0 radical (unpaired) electrons. The number of nitrogens with zero attached hydrogens (tertiary/aromatic N) is 4. The summed E-state index contributed by atoms with van der Waals surface area (Å²) >= 11 is 0. The maximum absolute atomic E-state index is 13.5. The molecule has 11 nitrogen and oxygen atoms in total. The van der Waals surface area contributed by atoms with Gasteiger partial charge in [0.25, 0.3) is 0 Å². The van der Waals surface area contributed by atoms with Gasteiger partial charge in [-0.2, -0.15) is 0 Å². The summed E-state index contributed by atoms with van der Waals surface area (Å²) in [6.07, 6.45) is 0. The summed E-state index contributed by atoms with van der Waals surface area (Å²) in [4.78, 5) is 7.02. The summed E-state index contributed by atoms with van der Waals surface area (Å²) in [5.74, 6) is 1.12. The van der Waals surface area contributed by atoms with E-state index >= 15 is 0 Å². The van der Waals surface area contributed by atoms with Crippen LogP contribution in [-0.2, 0) is 14.2 Å². The number of fused-ring (bicyclic) bond motifs is 2. The normalized spacial score (nSPS) is 13.9. The molecule has 0 spiro atoms. The van der Waals surface area contributed by atoms with E-state index in [2.05, 4.69) is 77.6 Å². The second kappa shape index (κ2) is 17.4. The number of nitrogens with two attached hydrogens (primary N) is 1. The molecule has 3 aromatic rings. The van der Waals surface area contributed by atoms with Crippen LogP contribution in [-0.4, -0.2) is 71.7 Å². The first-order chi connectivity index (χ1) is 22.0. The van der Waals surface area contributed by atoms with Crippen molar-refractivity contribution < 1.29 is 29.4 Å². The van der Waals surface area contributed by atoms with Crippen molar-refractivity contribution in [2.24, 2.45) is 10.1 Å². The summed E-state index contributed by atoms with van der Waals surface area (Å²) in [6.45, 7) is 13.0. The van der Waals surface area contributed by atoms with Crippen LogP contribution in [0.2, 0.25) is 0 Å². The van der Waals surface area contributed by atoms with Gasteiger partial charge in [-0.05, 0) is 67.9 Å². The summed E-state index contributed by atoms with van der Waals surface area (Å²) < 4.78 is 22.9. The minimum absolute atomic E-state index is 0.195. The van der Waals surface area contributed by atoms with Gasteiger partial charge in [-0.25, -0.2) is 0 Å². The predicted octanol–water partition coefficient (Wildman–Crippen LogP) is 4.70. The molecule has 3 aromatic carbocycles. The van der Waals surface area contributed by atoms with Crippen LogP contribution in [0.3, 0.4) is 0 Å². The predicted molar refractivity (Wildman–Crippen MR) is 174 cm³/mol. The van der Waals surface area contributed by atoms with E-state index in [-0.39, 0.29) is 18.4 Å². The molecule has 45 heavy (non-hydrogen) atoms. The van der Waals surface area contributed by atoms with Crippen LogP contribution < -0.4 is 20.5 Å². The van der Waals surface area contributed by atoms with Crippen LogP contribution in [0.15, 0.2) is 58.6 Å². The van der Waals surface area contributed by atoms with Crippen molar-refractivity contribution >= 4 is 17.3 Å². The Morgan fingerprint density at radius 2 is 1.53 bits per heavy atom. The number of benzene rings is 3. The number of rotatable bonds is 18. The molecule has 240 valence electrons. The number of anilines is 1. The van der Waals surface area contributed by atoms with Crippen molar-refractivity contribution in [1.82, 2.24) is 0 Å². The molecule has 0 aliphatic carbocycles. The number of hydrogen-bond donors (Lipinski definition) is 2. The highest BCUT2D eigenvalue weighted by Crippen LogP contribution is 2.50. The van der Waals surface area contributed by atoms with Gasteiger partial charge in [0.15, 0.2) is 0 Å². The van der Waals surface area contributed by atoms with E-state index in [1.807, 2.05) is 24.3 Å². The van der Waals surface area contributed by atoms with E-state index in [4.69, 9.17) is 24.5 Å². The molecule has 0 saturated carbocycles. The SMILES string of the molecule is CCNc1cc2c(cc1C)C(c1ccccc1C([O-])=NCCOCCOCCOCCN=[N+]=[N-])c1cc(C)c([NH2+]CC)cc1O2. The molecule has 4 rings (SSSR count). The third-order valence-electron chi connectivity index (χ3n) is 7.52. The fourth-order valence-corrected chi connectivity index (χ4v) is 5.44. The van der Waals surface area contributed by atoms with E-state index < -0.39 is 0 Å². The molecule has 0 saturated heterocycles. The molecule has 3 N–H and O–H groups in total. The zero-order chi connectivity index (χ0) is 32.0. The topological polar surface area (TPSA) is 150 Å². The third kappa shape index (κ3) is 8.97. The van der Waals surface area contributed by atoms with Gasteiger partial charge in [0, 0.05) is 58.4 Å². The highest BCUT2D eigenvalue weighted by molar-refractivity contribution is 5.93. The number of azide groups is 1. The van der Waals surface area contributed by atoms with E-state index in [1.54, 1.807) is 0 Å². The lowest BCUT2D eigenvalue weighted by Crippen LogP contribution is -2.77. The monoisotopic (exact) mass is 616 g/mol. The van der Waals surface area contributed by atoms with Gasteiger partial charge in [-0.3, -0.25) is 4.99 Å². The van der Waals surface area contributed by atoms with Crippen molar-refractivity contribution in [3.63, 3.8) is 0 Å². The number of aliphatic imine (C=N–C) groups is 1. The molecular formula is C34H44N6O5. The Labute approximate surface area is 265 Å². The van der Waals surface area contributed by atoms with E-state index in [0.29, 0.717) is 51.7 Å². The van der Waals surface area contributed by atoms with Gasteiger partial charge in [0.1, 0.15) is 17.2 Å². The maximum atomic E-state index is 13.5. The fraction of sp³-hybridized carbons (Fsp3) is 0.441. The Kier molecular flexibility index (Phi) is 13.0. The van der Waals surface area contributed by atoms with Crippen molar-refractivity contribution in [3.05, 3.63) is 92.4 Å². The molecule has 0 fully saturated rings. The highest BCUT2D eigenvalue weighted by atomic mass is 16.5. The standard InChI is InChI=1S/C34H44N6O5/c1-5-36-29-21-31-27(19-23(29)3)33(28-20-24(4)30(37-6-2)22-32(28)45-31)25-9-7-8-10-26(25)34(41)38-11-13-42-15-17-44-18-16-43-14-12-39-40-35/h7-10,19-22,33,36-37H,5-6,11-18H2,1-4H3,(H,38,41). The third-order valence-corrected chi connectivity index (χ3v) is 7.52. The number of nitrogens with one attached hydrogen (secondary N) is 1. The van der Waals surface area contributed by atoms with Crippen molar-refractivity contribution in [3.8, 4) is 11.5 Å². The number of quaternary nitrogens is 1. The van der Waals surface area contributed by atoms with E-state index in [9.17, 15) is 5.11 Å². The van der Waals surface area contributed by atoms with Crippen LogP contribution in [0.25, 0.3) is 10.4 Å². The molecular weight excluding hydrogens is 572 g/mol. The maximum Gasteiger partial charge on any atom is 0.137 e. The van der Waals surface area contributed by atoms with Gasteiger partial charge < -0.3 is 34.7 Å². The Balaban J connectivity index is 1.49. The molecule has 1 heterocycles. The largest absolute Gasteiger partial charge is 0.858 e. The second-order valence-corrected chi connectivity index (χ2v) is 10.7. The Bertz CT molecular complexity index is 1440. The summed E-state index contributed by atoms with van der Waals surface area (Å²) in [5, 5.41) is 22.6. The van der Waals surface area contributed by atoms with E-state index in [0.717, 1.165) is 58.2 Å². The van der Waals surface area contributed by atoms with Crippen molar-refractivity contribution in [2.45, 2.75) is 33.6 Å². The Hall–Kier alpha value is -4.12. The lowest BCUT2D eigenvalue weighted by atomic mass is 9.79. The zero-order valence-corrected chi connectivity index (χ0v) is 26.7. The molecule has 0 bridgehead atoms. The van der Waals surface area contributed by atoms with Crippen LogP contribution in [0.4, 0.5) is 11.4 Å². The van der Waals surface area contributed by atoms with Crippen molar-refractivity contribution in [1.29, 1.82) is 0 Å². The van der Waals surface area contributed by atoms with Gasteiger partial charge in [-0.15, -0.1) is 0 Å². The lowest BCUT2D eigenvalue weighted by molar-refractivity contribution is -0.568. The van der Waals surface area contributed by atoms with E-state index in [1.165, 1.54) is 5.56 Å². The van der Waals surface area contributed by atoms with Gasteiger partial charge in [-0.1, -0.05) is 29.4 Å². The van der Waals surface area contributed by atoms with Crippen LogP contribution in [0, 0.1) is 13.8 Å². The fourth-order valence-electron chi connectivity index (χ4n) is 5.44.